The molecular formula is C39H39ClN8O5S2. The predicted octanol–water partition coefficient (Wildman–Crippen LogP) is 7.32. The van der Waals surface area contributed by atoms with Crippen LogP contribution in [0.4, 0.5) is 22.5 Å². The molecule has 4 heterocycles. The topological polar surface area (TPSA) is 155 Å². The fourth-order valence-corrected chi connectivity index (χ4v) is 7.98. The fourth-order valence-electron chi connectivity index (χ4n) is 6.18. The van der Waals surface area contributed by atoms with E-state index in [1.807, 2.05) is 68.4 Å². The first-order valence-corrected chi connectivity index (χ1v) is 19.8. The molecule has 0 spiro atoms. The molecule has 0 aliphatic carbocycles. The number of carboxylic acid groups (broad SMARTS) is 1. The molecule has 1 aliphatic heterocycles. The van der Waals surface area contributed by atoms with Crippen molar-refractivity contribution in [1.29, 1.82) is 0 Å². The number of fused-ring (bicyclic) bond motifs is 1. The monoisotopic (exact) mass is 798 g/mol. The highest BCUT2D eigenvalue weighted by Gasteiger charge is 2.20. The predicted molar refractivity (Wildman–Crippen MR) is 218 cm³/mol. The number of carbonyl (C=O) groups excluding carboxylic acids is 1. The van der Waals surface area contributed by atoms with Crippen LogP contribution in [-0.2, 0) is 16.0 Å². The lowest BCUT2D eigenvalue weighted by molar-refractivity contribution is -0.136. The number of halogens is 1. The summed E-state index contributed by atoms with van der Waals surface area (Å²) in [6, 6.07) is 19.4. The molecule has 0 bridgehead atoms. The Hall–Kier alpha value is -5.19. The van der Waals surface area contributed by atoms with Crippen LogP contribution in [0, 0.1) is 13.8 Å². The van der Waals surface area contributed by atoms with Crippen LogP contribution in [0.1, 0.15) is 26.8 Å². The fraction of sp³-hybridized carbons (Fsp3) is 0.282. The van der Waals surface area contributed by atoms with Gasteiger partial charge in [0.15, 0.2) is 5.13 Å². The molecule has 0 saturated carbocycles. The molecule has 1 saturated heterocycles. The maximum atomic E-state index is 12.9. The molecule has 1 fully saturated rings. The van der Waals surface area contributed by atoms with Crippen molar-refractivity contribution in [2.75, 3.05) is 68.1 Å². The van der Waals surface area contributed by atoms with Crippen LogP contribution in [0.25, 0.3) is 21.3 Å². The van der Waals surface area contributed by atoms with Gasteiger partial charge in [0.05, 0.1) is 42.2 Å². The Labute approximate surface area is 331 Å². The van der Waals surface area contributed by atoms with E-state index >= 15 is 0 Å². The minimum absolute atomic E-state index is 0.0927. The second kappa shape index (κ2) is 17.5. The number of anilines is 4. The second-order valence-corrected chi connectivity index (χ2v) is 15.2. The first-order chi connectivity index (χ1) is 26.7. The van der Waals surface area contributed by atoms with Gasteiger partial charge in [-0.1, -0.05) is 59.3 Å². The van der Waals surface area contributed by atoms with Crippen molar-refractivity contribution in [3.05, 3.63) is 99.2 Å². The van der Waals surface area contributed by atoms with Crippen molar-refractivity contribution in [3.8, 4) is 16.3 Å². The van der Waals surface area contributed by atoms with Crippen molar-refractivity contribution in [2.45, 2.75) is 20.3 Å². The zero-order valence-corrected chi connectivity index (χ0v) is 32.6. The number of hydrogen-bond acceptors (Lipinski definition) is 13. The van der Waals surface area contributed by atoms with Gasteiger partial charge in [-0.25, -0.2) is 19.9 Å². The lowest BCUT2D eigenvalue weighted by Gasteiger charge is -2.35. The number of benzene rings is 3. The third kappa shape index (κ3) is 9.74. The van der Waals surface area contributed by atoms with Gasteiger partial charge in [-0.05, 0) is 43.0 Å². The second-order valence-electron chi connectivity index (χ2n) is 12.9. The van der Waals surface area contributed by atoms with E-state index in [-0.39, 0.29) is 12.3 Å². The van der Waals surface area contributed by atoms with E-state index in [4.69, 9.17) is 31.2 Å². The number of piperazine rings is 1. The smallest absolute Gasteiger partial charge is 0.309 e. The Morgan fingerprint density at radius 1 is 0.964 bits per heavy atom. The maximum Gasteiger partial charge on any atom is 0.309 e. The van der Waals surface area contributed by atoms with Crippen molar-refractivity contribution in [2.24, 2.45) is 0 Å². The number of aryl methyl sites for hydroxylation is 2. The third-order valence-electron chi connectivity index (χ3n) is 8.96. The van der Waals surface area contributed by atoms with Crippen molar-refractivity contribution >= 4 is 79.4 Å². The average Bonchev–Trinajstić information content (AvgIpc) is 3.84. The molecule has 3 aromatic carbocycles. The van der Waals surface area contributed by atoms with Crippen LogP contribution in [0.5, 0.6) is 5.75 Å². The van der Waals surface area contributed by atoms with Crippen LogP contribution in [-0.4, -0.2) is 94.4 Å². The third-order valence-corrected chi connectivity index (χ3v) is 11.1. The Kier molecular flexibility index (Phi) is 12.1. The first kappa shape index (κ1) is 38.1. The number of nitrogens with one attached hydrogen (secondary N) is 2. The Balaban J connectivity index is 0.849. The van der Waals surface area contributed by atoms with Gasteiger partial charge in [0.1, 0.15) is 39.7 Å². The SMILES string of the molecule is Cc1nc(Nc2ncc(C(=O)Nc3c(C)cccc3Cl)s2)cc(N2CCN(CCOCCOc3cccc4ccc(-c5nc(CC(=O)O)cs5)cc34)CC2)n1. The molecule has 7 rings (SSSR count). The van der Waals surface area contributed by atoms with Crippen molar-refractivity contribution in [1.82, 2.24) is 24.8 Å². The molecule has 1 aliphatic rings. The lowest BCUT2D eigenvalue weighted by Crippen LogP contribution is -2.47. The number of aromatic nitrogens is 4. The average molecular weight is 799 g/mol. The number of rotatable bonds is 15. The van der Waals surface area contributed by atoms with Crippen LogP contribution >= 0.6 is 34.3 Å². The molecule has 0 unspecified atom stereocenters. The number of amides is 1. The highest BCUT2D eigenvalue weighted by molar-refractivity contribution is 7.17. The number of aliphatic carboxylic acids is 1. The van der Waals surface area contributed by atoms with E-state index < -0.39 is 5.97 Å². The molecule has 1 amide bonds. The summed E-state index contributed by atoms with van der Waals surface area (Å²) in [5.41, 5.74) is 2.94. The number of nitrogens with zero attached hydrogens (tertiary/aromatic N) is 6. The summed E-state index contributed by atoms with van der Waals surface area (Å²) >= 11 is 8.96. The highest BCUT2D eigenvalue weighted by atomic mass is 35.5. The van der Waals surface area contributed by atoms with Crippen LogP contribution in [0.15, 0.2) is 72.2 Å². The standard InChI is InChI=1S/C39H39ClN8O5S2/c1-24-5-3-7-30(40)36(24)46-37(51)32-22-41-39(55-32)45-33-21-34(43-25(2)42-33)48-13-11-47(12-14-48)15-16-52-17-18-53-31-8-4-6-26-9-10-27(19-29(26)31)38-44-28(23-54-38)20-35(49)50/h3-10,19,21-23H,11-18,20H2,1-2H3,(H,46,51)(H,49,50)(H,41,42,43,45). The minimum Gasteiger partial charge on any atom is -0.491 e. The van der Waals surface area contributed by atoms with Crippen molar-refractivity contribution < 1.29 is 24.2 Å². The number of para-hydroxylation sites is 1. The molecular weight excluding hydrogens is 760 g/mol. The van der Waals surface area contributed by atoms with Gasteiger partial charge in [-0.15, -0.1) is 11.3 Å². The summed E-state index contributed by atoms with van der Waals surface area (Å²) in [4.78, 5) is 47.2. The number of carbonyl (C=O) groups is 2. The van der Waals surface area contributed by atoms with Crippen molar-refractivity contribution in [3.63, 3.8) is 0 Å². The lowest BCUT2D eigenvalue weighted by atomic mass is 10.1. The summed E-state index contributed by atoms with van der Waals surface area (Å²) in [5.74, 6) is 1.67. The number of thiazole rings is 2. The van der Waals surface area contributed by atoms with Gasteiger partial charge in [0.25, 0.3) is 5.91 Å². The van der Waals surface area contributed by atoms with Crippen LogP contribution in [0.3, 0.4) is 0 Å². The zero-order chi connectivity index (χ0) is 38.3. The molecule has 13 nitrogen and oxygen atoms in total. The molecule has 55 heavy (non-hydrogen) atoms. The normalized spacial score (nSPS) is 13.3. The summed E-state index contributed by atoms with van der Waals surface area (Å²) in [6.45, 7) is 9.41. The largest absolute Gasteiger partial charge is 0.491 e. The molecule has 16 heteroatoms. The number of carboxylic acids is 1. The van der Waals surface area contributed by atoms with Crippen LogP contribution < -0.4 is 20.3 Å². The van der Waals surface area contributed by atoms with E-state index in [0.29, 0.717) is 57.9 Å². The summed E-state index contributed by atoms with van der Waals surface area (Å²) in [6.07, 6.45) is 1.44. The van der Waals surface area contributed by atoms with E-state index in [1.165, 1.54) is 28.9 Å². The quantitative estimate of drug-likeness (QED) is 0.0892. The number of ether oxygens (including phenoxy) is 2. The Bertz CT molecular complexity index is 2290. The minimum atomic E-state index is -0.896. The zero-order valence-electron chi connectivity index (χ0n) is 30.3. The summed E-state index contributed by atoms with van der Waals surface area (Å²) in [7, 11) is 0. The van der Waals surface area contributed by atoms with Gasteiger partial charge >= 0.3 is 5.97 Å². The Morgan fingerprint density at radius 3 is 2.62 bits per heavy atom. The van der Waals surface area contributed by atoms with Crippen LogP contribution in [0.2, 0.25) is 5.02 Å². The first-order valence-electron chi connectivity index (χ1n) is 17.7. The Morgan fingerprint density at radius 2 is 1.80 bits per heavy atom. The molecule has 3 aromatic heterocycles. The molecule has 0 atom stereocenters. The van der Waals surface area contributed by atoms with E-state index in [1.54, 1.807) is 11.4 Å². The van der Waals surface area contributed by atoms with Gasteiger partial charge < -0.3 is 30.1 Å². The molecule has 6 aromatic rings. The molecule has 0 radical (unpaired) electrons. The summed E-state index contributed by atoms with van der Waals surface area (Å²) in [5, 5.41) is 20.8. The van der Waals surface area contributed by atoms with E-state index in [0.717, 1.165) is 71.2 Å². The van der Waals surface area contributed by atoms with E-state index in [9.17, 15) is 9.59 Å². The molecule has 284 valence electrons. The maximum absolute atomic E-state index is 12.9. The van der Waals surface area contributed by atoms with Gasteiger partial charge in [-0.2, -0.15) is 0 Å². The molecule has 3 N–H and O–H groups in total. The van der Waals surface area contributed by atoms with Gasteiger partial charge in [0.2, 0.25) is 0 Å². The highest BCUT2D eigenvalue weighted by Crippen LogP contribution is 2.33. The van der Waals surface area contributed by atoms with Gasteiger partial charge in [-0.3, -0.25) is 14.5 Å². The van der Waals surface area contributed by atoms with E-state index in [2.05, 4.69) is 35.4 Å². The number of hydrogen-bond donors (Lipinski definition) is 3. The van der Waals surface area contributed by atoms with Gasteiger partial charge in [0, 0.05) is 55.1 Å². The summed E-state index contributed by atoms with van der Waals surface area (Å²) < 4.78 is 12.1.